The van der Waals surface area contributed by atoms with Gasteiger partial charge in [-0.3, -0.25) is 4.40 Å². The van der Waals surface area contributed by atoms with Crippen LogP contribution in [-0.4, -0.2) is 35.0 Å². The summed E-state index contributed by atoms with van der Waals surface area (Å²) in [7, 11) is 1.32. The Morgan fingerprint density at radius 3 is 2.89 bits per heavy atom. The zero-order valence-electron chi connectivity index (χ0n) is 14.7. The van der Waals surface area contributed by atoms with Gasteiger partial charge in [0.25, 0.3) is 0 Å². The number of ether oxygens (including phenoxy) is 3. The lowest BCUT2D eigenvalue weighted by Crippen LogP contribution is -2.07. The summed E-state index contributed by atoms with van der Waals surface area (Å²) in [5.74, 6) is -0.634. The Hall–Kier alpha value is -3.27. The number of fused-ring (bicyclic) bond motifs is 1. The molecule has 0 bridgehead atoms. The number of rotatable bonds is 5. The van der Waals surface area contributed by atoms with Crippen molar-refractivity contribution in [3.05, 3.63) is 52.4 Å². The van der Waals surface area contributed by atoms with Crippen LogP contribution in [0.2, 0.25) is 0 Å². The molecule has 144 valence electrons. The Labute approximate surface area is 161 Å². The standard InChI is InChI=1S/C18H13F2N3O4S/c1-9-12(23-5-6-28-18(23)21-9)8-11-16(24)27-15(22-11)10-3-4-13(26-17(19)20)14(7-10)25-2/h3-8,17H,1-2H3/b11-8-. The van der Waals surface area contributed by atoms with E-state index < -0.39 is 12.6 Å². The lowest BCUT2D eigenvalue weighted by Gasteiger charge is -2.10. The van der Waals surface area contributed by atoms with Gasteiger partial charge < -0.3 is 14.2 Å². The van der Waals surface area contributed by atoms with Gasteiger partial charge in [-0.15, -0.1) is 11.3 Å². The van der Waals surface area contributed by atoms with E-state index in [0.29, 0.717) is 5.56 Å². The molecule has 7 nitrogen and oxygen atoms in total. The SMILES string of the molecule is COc1cc(C2=N/C(=C\c3c(C)nc4sccn34)C(=O)O2)ccc1OC(F)F. The van der Waals surface area contributed by atoms with Crippen molar-refractivity contribution in [2.45, 2.75) is 13.5 Å². The van der Waals surface area contributed by atoms with Crippen LogP contribution in [0.1, 0.15) is 17.0 Å². The van der Waals surface area contributed by atoms with Gasteiger partial charge in [0.1, 0.15) is 0 Å². The molecule has 2 aromatic heterocycles. The van der Waals surface area contributed by atoms with Gasteiger partial charge in [0, 0.05) is 17.1 Å². The van der Waals surface area contributed by atoms with Gasteiger partial charge in [0.15, 0.2) is 22.2 Å². The smallest absolute Gasteiger partial charge is 0.387 e. The first-order valence-corrected chi connectivity index (χ1v) is 8.92. The normalized spacial score (nSPS) is 15.4. The number of cyclic esters (lactones) is 1. The van der Waals surface area contributed by atoms with E-state index in [9.17, 15) is 13.6 Å². The fraction of sp³-hybridized carbons (Fsp3) is 0.167. The van der Waals surface area contributed by atoms with Crippen LogP contribution in [0.4, 0.5) is 8.78 Å². The fourth-order valence-electron chi connectivity index (χ4n) is 2.74. The molecule has 3 aromatic rings. The minimum atomic E-state index is -2.98. The number of hydrogen-bond acceptors (Lipinski definition) is 7. The van der Waals surface area contributed by atoms with Crippen LogP contribution < -0.4 is 9.47 Å². The molecule has 0 unspecified atom stereocenters. The number of carbonyl (C=O) groups excluding carboxylic acids is 1. The van der Waals surface area contributed by atoms with Gasteiger partial charge >= 0.3 is 12.6 Å². The number of imidazole rings is 1. The maximum Gasteiger partial charge on any atom is 0.387 e. The number of esters is 1. The van der Waals surface area contributed by atoms with Gasteiger partial charge in [-0.1, -0.05) is 0 Å². The number of thiazole rings is 1. The highest BCUT2D eigenvalue weighted by atomic mass is 32.1. The summed E-state index contributed by atoms with van der Waals surface area (Å²) < 4.78 is 41.4. The number of methoxy groups -OCH3 is 1. The quantitative estimate of drug-likeness (QED) is 0.478. The van der Waals surface area contributed by atoms with Crippen LogP contribution in [0.5, 0.6) is 11.5 Å². The Kier molecular flexibility index (Phi) is 4.55. The van der Waals surface area contributed by atoms with Gasteiger partial charge in [-0.25, -0.2) is 14.8 Å². The molecule has 0 spiro atoms. The molecule has 4 rings (SSSR count). The van der Waals surface area contributed by atoms with Crippen LogP contribution in [-0.2, 0) is 9.53 Å². The zero-order valence-corrected chi connectivity index (χ0v) is 15.5. The third-order valence-electron chi connectivity index (χ3n) is 4.00. The lowest BCUT2D eigenvalue weighted by molar-refractivity contribution is -0.129. The third-order valence-corrected chi connectivity index (χ3v) is 4.76. The van der Waals surface area contributed by atoms with Crippen molar-refractivity contribution in [3.8, 4) is 11.5 Å². The number of nitrogens with zero attached hydrogens (tertiary/aromatic N) is 3. The summed E-state index contributed by atoms with van der Waals surface area (Å²) in [6, 6.07) is 4.17. The monoisotopic (exact) mass is 405 g/mol. The van der Waals surface area contributed by atoms with E-state index in [1.807, 2.05) is 22.9 Å². The highest BCUT2D eigenvalue weighted by Gasteiger charge is 2.26. The van der Waals surface area contributed by atoms with Crippen molar-refractivity contribution in [1.82, 2.24) is 9.38 Å². The van der Waals surface area contributed by atoms with Crippen LogP contribution >= 0.6 is 11.3 Å². The average molecular weight is 405 g/mol. The summed E-state index contributed by atoms with van der Waals surface area (Å²) in [4.78, 5) is 21.7. The Balaban J connectivity index is 1.69. The van der Waals surface area contributed by atoms with E-state index in [2.05, 4.69) is 14.7 Å². The Bertz CT molecular complexity index is 1130. The van der Waals surface area contributed by atoms with Gasteiger partial charge in [-0.2, -0.15) is 8.78 Å². The minimum Gasteiger partial charge on any atom is -0.493 e. The van der Waals surface area contributed by atoms with Crippen molar-refractivity contribution < 1.29 is 27.8 Å². The first-order valence-electron chi connectivity index (χ1n) is 8.04. The molecule has 28 heavy (non-hydrogen) atoms. The number of aromatic nitrogens is 2. The summed E-state index contributed by atoms with van der Waals surface area (Å²) >= 11 is 1.48. The molecule has 0 atom stereocenters. The van der Waals surface area contributed by atoms with E-state index in [4.69, 9.17) is 9.47 Å². The number of halogens is 2. The largest absolute Gasteiger partial charge is 0.493 e. The maximum absolute atomic E-state index is 12.5. The molecular weight excluding hydrogens is 392 g/mol. The highest BCUT2D eigenvalue weighted by Crippen LogP contribution is 2.31. The summed E-state index contributed by atoms with van der Waals surface area (Å²) in [6.07, 6.45) is 3.45. The molecule has 0 saturated heterocycles. The van der Waals surface area contributed by atoms with Crippen LogP contribution in [0.25, 0.3) is 11.0 Å². The van der Waals surface area contributed by atoms with Gasteiger partial charge in [-0.05, 0) is 31.2 Å². The number of benzene rings is 1. The predicted octanol–water partition coefficient (Wildman–Crippen LogP) is 3.66. The predicted molar refractivity (Wildman–Crippen MR) is 98.0 cm³/mol. The van der Waals surface area contributed by atoms with E-state index in [0.717, 1.165) is 16.3 Å². The molecular formula is C18H13F2N3O4S. The molecule has 0 amide bonds. The van der Waals surface area contributed by atoms with Crippen LogP contribution in [0, 0.1) is 6.92 Å². The van der Waals surface area contributed by atoms with E-state index in [1.54, 1.807) is 6.08 Å². The Morgan fingerprint density at radius 1 is 1.32 bits per heavy atom. The topological polar surface area (TPSA) is 74.4 Å². The maximum atomic E-state index is 12.5. The first-order chi connectivity index (χ1) is 13.5. The molecule has 1 aromatic carbocycles. The molecule has 0 radical (unpaired) electrons. The first kappa shape index (κ1) is 18.1. The lowest BCUT2D eigenvalue weighted by atomic mass is 10.2. The second-order valence-electron chi connectivity index (χ2n) is 5.72. The molecule has 0 fully saturated rings. The van der Waals surface area contributed by atoms with Crippen molar-refractivity contribution in [1.29, 1.82) is 0 Å². The minimum absolute atomic E-state index is 0.0434. The average Bonchev–Trinajstić information content (AvgIpc) is 3.32. The van der Waals surface area contributed by atoms with E-state index in [-0.39, 0.29) is 23.1 Å². The molecule has 0 N–H and O–H groups in total. The molecule has 3 heterocycles. The molecule has 1 aliphatic rings. The van der Waals surface area contributed by atoms with Crippen molar-refractivity contribution in [2.24, 2.45) is 4.99 Å². The number of aliphatic imine (C=N–C) groups is 1. The highest BCUT2D eigenvalue weighted by molar-refractivity contribution is 7.15. The Morgan fingerprint density at radius 2 is 2.14 bits per heavy atom. The van der Waals surface area contributed by atoms with Crippen molar-refractivity contribution in [3.63, 3.8) is 0 Å². The fourth-order valence-corrected chi connectivity index (χ4v) is 3.51. The number of aryl methyl sites for hydroxylation is 1. The molecule has 0 saturated carbocycles. The van der Waals surface area contributed by atoms with Gasteiger partial charge in [0.05, 0.1) is 18.5 Å². The summed E-state index contributed by atoms with van der Waals surface area (Å²) in [5.41, 5.74) is 1.98. The molecule has 10 heteroatoms. The van der Waals surface area contributed by atoms with Crippen LogP contribution in [0.15, 0.2) is 40.5 Å². The number of hydrogen-bond donors (Lipinski definition) is 0. The van der Waals surface area contributed by atoms with Crippen LogP contribution in [0.3, 0.4) is 0 Å². The summed E-state index contributed by atoms with van der Waals surface area (Å²) in [5, 5.41) is 1.89. The zero-order chi connectivity index (χ0) is 19.8. The third kappa shape index (κ3) is 3.22. The number of alkyl halides is 2. The van der Waals surface area contributed by atoms with Gasteiger partial charge in [0.2, 0.25) is 5.90 Å². The molecule has 0 aliphatic carbocycles. The van der Waals surface area contributed by atoms with Crippen molar-refractivity contribution in [2.75, 3.05) is 7.11 Å². The van der Waals surface area contributed by atoms with Crippen molar-refractivity contribution >= 4 is 34.2 Å². The number of carbonyl (C=O) groups is 1. The second kappa shape index (κ2) is 7.04. The second-order valence-corrected chi connectivity index (χ2v) is 6.59. The molecule has 1 aliphatic heterocycles. The van der Waals surface area contributed by atoms with E-state index in [1.165, 1.54) is 36.6 Å². The summed E-state index contributed by atoms with van der Waals surface area (Å²) in [6.45, 7) is -1.15. The van der Waals surface area contributed by atoms with E-state index >= 15 is 0 Å².